The highest BCUT2D eigenvalue weighted by atomic mass is 32.2. The molecule has 6 rings (SSSR count). The third-order valence-electron chi connectivity index (χ3n) is 10.7. The molecule has 2 saturated heterocycles. The van der Waals surface area contributed by atoms with E-state index in [4.69, 9.17) is 14.6 Å². The van der Waals surface area contributed by atoms with Crippen molar-refractivity contribution in [2.45, 2.75) is 51.4 Å². The maximum Gasteiger partial charge on any atom is 0.343 e. The van der Waals surface area contributed by atoms with Gasteiger partial charge in [0.2, 0.25) is 11.8 Å². The number of aryl methyl sites for hydroxylation is 2. The lowest BCUT2D eigenvalue weighted by Crippen LogP contribution is -2.29. The van der Waals surface area contributed by atoms with Gasteiger partial charge in [0, 0.05) is 40.0 Å². The van der Waals surface area contributed by atoms with Crippen LogP contribution < -0.4 is 38.2 Å². The minimum absolute atomic E-state index is 0.0230. The number of unbranched alkanes of at least 4 members (excludes halogenated alkanes) is 2. The van der Waals surface area contributed by atoms with Crippen LogP contribution in [0.3, 0.4) is 0 Å². The standard InChI is InChI=1S/C24H29FN4O7S.C22H25N3O9S/c1-28(2)24(33)23-17(25)6-5-7-20(23)36-13-4-3-12-26-21(31)11-9-16-8-10-18(19(30)14-16)29-15-22(32)27-37(29,34)35;26-16-4-3-5-18(21(16)22(30)31)34-11-2-1-10-23-19(28)9-7-14-6-8-15(17(27)12-14)25-13-20(29)24-35(25,32)33/h5-8,10,14,30H,3-4,9,11-13,15H2,1-2H3,(H,26,31)(H,27,32);3-6,8,12,26-27H,1-2,7,9-11,13H2,(H,23,28)(H,24,29)(H,30,31). The number of nitrogens with zero attached hydrogens (tertiary/aromatic N) is 3. The summed E-state index contributed by atoms with van der Waals surface area (Å²) in [5.74, 6) is -5.00. The van der Waals surface area contributed by atoms with Gasteiger partial charge in [-0.2, -0.15) is 16.8 Å². The number of carboxylic acid groups (broad SMARTS) is 1. The molecule has 23 nitrogen and oxygen atoms in total. The molecule has 0 bridgehead atoms. The van der Waals surface area contributed by atoms with Crippen LogP contribution in [0.2, 0.25) is 0 Å². The van der Waals surface area contributed by atoms with Crippen LogP contribution in [0.5, 0.6) is 28.7 Å². The van der Waals surface area contributed by atoms with Crippen LogP contribution in [0, 0.1) is 5.82 Å². The number of phenols is 3. The predicted molar refractivity (Wildman–Crippen MR) is 257 cm³/mol. The Hall–Kier alpha value is -7.87. The molecule has 2 aliphatic heterocycles. The molecule has 0 saturated carbocycles. The van der Waals surface area contributed by atoms with Crippen LogP contribution in [-0.2, 0) is 52.4 Å². The number of carbonyl (C=O) groups is 6. The normalized spacial score (nSPS) is 14.3. The van der Waals surface area contributed by atoms with Crippen LogP contribution in [-0.4, -0.2) is 131 Å². The van der Waals surface area contributed by atoms with E-state index >= 15 is 0 Å². The van der Waals surface area contributed by atoms with Gasteiger partial charge in [0.15, 0.2) is 0 Å². The van der Waals surface area contributed by atoms with Gasteiger partial charge < -0.3 is 45.4 Å². The van der Waals surface area contributed by atoms with E-state index in [0.29, 0.717) is 62.7 Å². The molecule has 2 heterocycles. The van der Waals surface area contributed by atoms with Crippen molar-refractivity contribution in [2.24, 2.45) is 0 Å². The van der Waals surface area contributed by atoms with E-state index in [1.807, 2.05) is 9.44 Å². The molecule has 72 heavy (non-hydrogen) atoms. The second-order valence-corrected chi connectivity index (χ2v) is 19.5. The molecule has 2 fully saturated rings. The SMILES string of the molecule is CN(C)C(=O)c1c(F)cccc1OCCCCNC(=O)CCc1ccc(N2CC(=O)NS2(=O)=O)c(O)c1.O=C(CCc1ccc(N2CC(=O)NS2(=O)=O)c(O)c1)NCCCCOc1cccc(O)c1C(=O)O. The van der Waals surface area contributed by atoms with E-state index < -0.39 is 63.0 Å². The van der Waals surface area contributed by atoms with Gasteiger partial charge in [-0.1, -0.05) is 24.3 Å². The Morgan fingerprint density at radius 2 is 1.10 bits per heavy atom. The summed E-state index contributed by atoms with van der Waals surface area (Å²) in [6.45, 7) is 0.391. The average Bonchev–Trinajstić information content (AvgIpc) is 3.75. The number of hydrogen-bond acceptors (Lipinski definition) is 15. The van der Waals surface area contributed by atoms with Gasteiger partial charge in [-0.3, -0.25) is 24.0 Å². The second kappa shape index (κ2) is 24.8. The van der Waals surface area contributed by atoms with Gasteiger partial charge in [0.1, 0.15) is 58.8 Å². The van der Waals surface area contributed by atoms with E-state index in [2.05, 4.69) is 10.6 Å². The van der Waals surface area contributed by atoms with Gasteiger partial charge in [-0.05, 0) is 98.2 Å². The molecule has 5 amide bonds. The van der Waals surface area contributed by atoms with Crippen molar-refractivity contribution in [3.05, 3.63) is 101 Å². The lowest BCUT2D eigenvalue weighted by molar-refractivity contribution is -0.121. The van der Waals surface area contributed by atoms with Crippen molar-refractivity contribution in [1.29, 1.82) is 0 Å². The number of amides is 5. The third kappa shape index (κ3) is 15.1. The van der Waals surface area contributed by atoms with Crippen molar-refractivity contribution in [3.63, 3.8) is 0 Å². The number of aromatic carboxylic acids is 1. The summed E-state index contributed by atoms with van der Waals surface area (Å²) in [4.78, 5) is 71.7. The van der Waals surface area contributed by atoms with Gasteiger partial charge in [-0.15, -0.1) is 0 Å². The quantitative estimate of drug-likeness (QED) is 0.0523. The molecule has 0 radical (unpaired) electrons. The first kappa shape index (κ1) is 55.1. The molecule has 2 aliphatic rings. The number of carbonyl (C=O) groups excluding carboxylic acids is 5. The molecular formula is C46H54FN7O16S2. The summed E-state index contributed by atoms with van der Waals surface area (Å²) in [5, 5.41) is 44.8. The fraction of sp³-hybridized carbons (Fsp3) is 0.348. The summed E-state index contributed by atoms with van der Waals surface area (Å²) in [5.41, 5.74) is 0.772. The number of ether oxygens (including phenoxy) is 2. The highest BCUT2D eigenvalue weighted by Crippen LogP contribution is 2.33. The molecule has 0 unspecified atom stereocenters. The number of nitrogens with one attached hydrogen (secondary N) is 4. The van der Waals surface area contributed by atoms with Crippen LogP contribution in [0.4, 0.5) is 15.8 Å². The van der Waals surface area contributed by atoms with Gasteiger partial charge in [0.05, 0.1) is 24.6 Å². The predicted octanol–water partition coefficient (Wildman–Crippen LogP) is 2.21. The Balaban J connectivity index is 0.000000268. The first-order chi connectivity index (χ1) is 34.1. The highest BCUT2D eigenvalue weighted by molar-refractivity contribution is 7.92. The van der Waals surface area contributed by atoms with Gasteiger partial charge in [-0.25, -0.2) is 27.2 Å². The number of rotatable bonds is 22. The zero-order valence-electron chi connectivity index (χ0n) is 39.1. The highest BCUT2D eigenvalue weighted by Gasteiger charge is 2.36. The number of aromatic hydroxyl groups is 3. The molecule has 26 heteroatoms. The lowest BCUT2D eigenvalue weighted by atomic mass is 10.1. The second-order valence-electron chi connectivity index (χ2n) is 16.3. The minimum Gasteiger partial charge on any atom is -0.507 e. The number of hydrogen-bond donors (Lipinski definition) is 8. The lowest BCUT2D eigenvalue weighted by Gasteiger charge is -2.16. The molecule has 4 aromatic carbocycles. The topological polar surface area (TPSA) is 328 Å². The largest absolute Gasteiger partial charge is 0.507 e. The molecule has 4 aromatic rings. The van der Waals surface area contributed by atoms with Crippen LogP contribution in [0.15, 0.2) is 72.8 Å². The maximum absolute atomic E-state index is 14.1. The Labute approximate surface area is 413 Å². The Morgan fingerprint density at radius 3 is 1.50 bits per heavy atom. The Kier molecular flexibility index (Phi) is 19.0. The number of carboxylic acids is 1. The fourth-order valence-corrected chi connectivity index (χ4v) is 9.40. The molecule has 0 atom stereocenters. The third-order valence-corrected chi connectivity index (χ3v) is 13.4. The van der Waals surface area contributed by atoms with Gasteiger partial charge in [0.25, 0.3) is 17.7 Å². The van der Waals surface area contributed by atoms with Gasteiger partial charge >= 0.3 is 26.4 Å². The maximum atomic E-state index is 14.1. The molecule has 0 aliphatic carbocycles. The van der Waals surface area contributed by atoms with E-state index in [9.17, 15) is 65.3 Å². The summed E-state index contributed by atoms with van der Waals surface area (Å²) in [7, 11) is -5.00. The zero-order chi connectivity index (χ0) is 52.8. The molecular weight excluding hydrogens is 990 g/mol. The zero-order valence-corrected chi connectivity index (χ0v) is 40.7. The van der Waals surface area contributed by atoms with E-state index in [0.717, 1.165) is 8.61 Å². The monoisotopic (exact) mass is 1040 g/mol. The average molecular weight is 1040 g/mol. The van der Waals surface area contributed by atoms with Crippen LogP contribution >= 0.6 is 0 Å². The molecule has 388 valence electrons. The minimum atomic E-state index is -4.03. The Bertz CT molecular complexity index is 2900. The number of phenolic OH excluding ortho intramolecular Hbond substituents is 2. The van der Waals surface area contributed by atoms with E-state index in [-0.39, 0.29) is 89.1 Å². The first-order valence-corrected chi connectivity index (χ1v) is 25.1. The van der Waals surface area contributed by atoms with Crippen molar-refractivity contribution in [1.82, 2.24) is 25.0 Å². The number of anilines is 2. The van der Waals surface area contributed by atoms with Crippen molar-refractivity contribution in [2.75, 3.05) is 62.1 Å². The van der Waals surface area contributed by atoms with Crippen molar-refractivity contribution < 1.29 is 79.9 Å². The number of benzene rings is 4. The molecule has 8 N–H and O–H groups in total. The fourth-order valence-electron chi connectivity index (χ4n) is 7.07. The smallest absolute Gasteiger partial charge is 0.343 e. The Morgan fingerprint density at radius 1 is 0.653 bits per heavy atom. The summed E-state index contributed by atoms with van der Waals surface area (Å²) < 4.78 is 78.0. The summed E-state index contributed by atoms with van der Waals surface area (Å²) in [6.07, 6.45) is 3.21. The van der Waals surface area contributed by atoms with Crippen molar-refractivity contribution >= 4 is 67.3 Å². The molecule has 0 spiro atoms. The van der Waals surface area contributed by atoms with E-state index in [1.165, 1.54) is 79.7 Å². The summed E-state index contributed by atoms with van der Waals surface area (Å²) >= 11 is 0. The van der Waals surface area contributed by atoms with E-state index in [1.54, 1.807) is 12.1 Å². The molecule has 0 aromatic heterocycles. The van der Waals surface area contributed by atoms with Crippen LogP contribution in [0.25, 0.3) is 0 Å². The first-order valence-electron chi connectivity index (χ1n) is 22.2. The van der Waals surface area contributed by atoms with Crippen LogP contribution in [0.1, 0.15) is 70.4 Å². The van der Waals surface area contributed by atoms with Crippen molar-refractivity contribution in [3.8, 4) is 28.7 Å². The number of halogens is 1. The summed E-state index contributed by atoms with van der Waals surface area (Å²) in [6, 6.07) is 17.0.